The molecule has 0 bridgehead atoms. The normalized spacial score (nSPS) is 12.8. The summed E-state index contributed by atoms with van der Waals surface area (Å²) in [6.45, 7) is 10.3. The van der Waals surface area contributed by atoms with Crippen LogP contribution in [0.5, 0.6) is 0 Å². The van der Waals surface area contributed by atoms with Crippen molar-refractivity contribution in [2.24, 2.45) is 5.92 Å². The van der Waals surface area contributed by atoms with E-state index in [9.17, 15) is 4.79 Å². The lowest BCUT2D eigenvalue weighted by Gasteiger charge is -2.26. The predicted molar refractivity (Wildman–Crippen MR) is 81.5 cm³/mol. The number of nitrogen functional groups attached to an aromatic ring is 1. The van der Waals surface area contributed by atoms with Gasteiger partial charge in [0.05, 0.1) is 11.9 Å². The molecule has 0 aliphatic carbocycles. The molecule has 1 rings (SSSR count). The molecule has 0 aliphatic heterocycles. The van der Waals surface area contributed by atoms with E-state index < -0.39 is 0 Å². The van der Waals surface area contributed by atoms with Gasteiger partial charge in [-0.3, -0.25) is 4.79 Å². The lowest BCUT2D eigenvalue weighted by molar-refractivity contribution is 0.0723. The molecule has 2 N–H and O–H groups in total. The molecule has 112 valence electrons. The van der Waals surface area contributed by atoms with Crippen molar-refractivity contribution in [1.29, 1.82) is 0 Å². The zero-order valence-corrected chi connectivity index (χ0v) is 13.3. The molecule has 5 heteroatoms. The highest BCUT2D eigenvalue weighted by Crippen LogP contribution is 2.17. The molecule has 0 aliphatic rings. The maximum atomic E-state index is 12.5. The van der Waals surface area contributed by atoms with Gasteiger partial charge in [-0.1, -0.05) is 27.7 Å². The summed E-state index contributed by atoms with van der Waals surface area (Å²) in [4.78, 5) is 22.7. The van der Waals surface area contributed by atoms with Crippen LogP contribution in [0, 0.1) is 5.92 Å². The minimum absolute atomic E-state index is 0.139. The fraction of sp³-hybridized carbons (Fsp3) is 0.667. The Morgan fingerprint density at radius 2 is 1.90 bits per heavy atom. The van der Waals surface area contributed by atoms with Crippen LogP contribution in [0.1, 0.15) is 63.3 Å². The molecule has 1 aromatic rings. The molecule has 1 aromatic heterocycles. The van der Waals surface area contributed by atoms with Crippen LogP contribution in [0.2, 0.25) is 0 Å². The average molecular weight is 278 g/mol. The molecule has 1 heterocycles. The van der Waals surface area contributed by atoms with Crippen LogP contribution in [0.15, 0.2) is 6.20 Å². The third-order valence-electron chi connectivity index (χ3n) is 3.35. The molecular weight excluding hydrogens is 252 g/mol. The number of carbonyl (C=O) groups excluding carboxylic acids is 1. The highest BCUT2D eigenvalue weighted by Gasteiger charge is 2.22. The first-order chi connectivity index (χ1) is 9.23. The summed E-state index contributed by atoms with van der Waals surface area (Å²) in [5, 5.41) is 0. The van der Waals surface area contributed by atoms with Gasteiger partial charge in [0, 0.05) is 19.0 Å². The van der Waals surface area contributed by atoms with Gasteiger partial charge >= 0.3 is 0 Å². The molecule has 20 heavy (non-hydrogen) atoms. The van der Waals surface area contributed by atoms with Crippen molar-refractivity contribution < 1.29 is 4.79 Å². The molecule has 1 unspecified atom stereocenters. The number of nitrogens with two attached hydrogens (primary N) is 1. The average Bonchev–Trinajstić information content (AvgIpc) is 2.36. The summed E-state index contributed by atoms with van der Waals surface area (Å²) < 4.78 is 0. The third kappa shape index (κ3) is 3.92. The number of nitrogens with zero attached hydrogens (tertiary/aromatic N) is 3. The Balaban J connectivity index is 2.99. The monoisotopic (exact) mass is 278 g/mol. The summed E-state index contributed by atoms with van der Waals surface area (Å²) in [5.74, 6) is 1.21. The van der Waals surface area contributed by atoms with Crippen molar-refractivity contribution in [3.05, 3.63) is 17.7 Å². The van der Waals surface area contributed by atoms with Crippen molar-refractivity contribution in [3.63, 3.8) is 0 Å². The lowest BCUT2D eigenvalue weighted by atomic mass is 10.0. The van der Waals surface area contributed by atoms with Gasteiger partial charge in [-0.05, 0) is 19.3 Å². The van der Waals surface area contributed by atoms with Crippen LogP contribution < -0.4 is 5.73 Å². The van der Waals surface area contributed by atoms with E-state index in [0.29, 0.717) is 23.1 Å². The van der Waals surface area contributed by atoms with Crippen LogP contribution in [0.3, 0.4) is 0 Å². The van der Waals surface area contributed by atoms with Crippen molar-refractivity contribution in [2.45, 2.75) is 53.0 Å². The molecule has 0 spiro atoms. The predicted octanol–water partition coefficient (Wildman–Crippen LogP) is 2.69. The number of rotatable bonds is 5. The number of amides is 1. The van der Waals surface area contributed by atoms with Crippen LogP contribution >= 0.6 is 0 Å². The SMILES string of the molecule is CC(C)CC(C)N(C)C(=O)c1nc(C(C)C)ncc1N. The van der Waals surface area contributed by atoms with E-state index in [1.165, 1.54) is 6.20 Å². The molecule has 0 radical (unpaired) electrons. The molecule has 1 atom stereocenters. The van der Waals surface area contributed by atoms with E-state index in [1.807, 2.05) is 20.8 Å². The van der Waals surface area contributed by atoms with Gasteiger partial charge in [0.2, 0.25) is 0 Å². The zero-order chi connectivity index (χ0) is 15.4. The molecule has 0 saturated carbocycles. The standard InChI is InChI=1S/C15H26N4O/c1-9(2)7-11(5)19(6)15(20)13-12(16)8-17-14(18-13)10(3)4/h8-11H,7,16H2,1-6H3. The maximum absolute atomic E-state index is 12.5. The Morgan fingerprint density at radius 3 is 2.40 bits per heavy atom. The topological polar surface area (TPSA) is 72.1 Å². The molecule has 0 fully saturated rings. The highest BCUT2D eigenvalue weighted by molar-refractivity contribution is 5.97. The minimum Gasteiger partial charge on any atom is -0.396 e. The van der Waals surface area contributed by atoms with Crippen molar-refractivity contribution in [1.82, 2.24) is 14.9 Å². The third-order valence-corrected chi connectivity index (χ3v) is 3.35. The summed E-state index contributed by atoms with van der Waals surface area (Å²) in [7, 11) is 1.80. The van der Waals surface area contributed by atoms with Crippen LogP contribution in [0.4, 0.5) is 5.69 Å². The van der Waals surface area contributed by atoms with Gasteiger partial charge in [0.25, 0.3) is 5.91 Å². The fourth-order valence-electron chi connectivity index (χ4n) is 2.06. The minimum atomic E-state index is -0.139. The smallest absolute Gasteiger partial charge is 0.274 e. The Hall–Kier alpha value is -1.65. The summed E-state index contributed by atoms with van der Waals surface area (Å²) in [6.07, 6.45) is 2.47. The Labute approximate surface area is 121 Å². The number of carbonyl (C=O) groups is 1. The Bertz CT molecular complexity index is 471. The quantitative estimate of drug-likeness (QED) is 0.898. The van der Waals surface area contributed by atoms with Crippen LogP contribution in [0.25, 0.3) is 0 Å². The maximum Gasteiger partial charge on any atom is 0.274 e. The van der Waals surface area contributed by atoms with Crippen molar-refractivity contribution >= 4 is 11.6 Å². The van der Waals surface area contributed by atoms with E-state index >= 15 is 0 Å². The van der Waals surface area contributed by atoms with Gasteiger partial charge < -0.3 is 10.6 Å². The Morgan fingerprint density at radius 1 is 1.30 bits per heavy atom. The first-order valence-corrected chi connectivity index (χ1v) is 7.13. The first-order valence-electron chi connectivity index (χ1n) is 7.13. The summed E-state index contributed by atoms with van der Waals surface area (Å²) >= 11 is 0. The van der Waals surface area contributed by atoms with Crippen molar-refractivity contribution in [3.8, 4) is 0 Å². The Kier molecular flexibility index (Phi) is 5.48. The number of hydrogen-bond acceptors (Lipinski definition) is 4. The second-order valence-corrected chi connectivity index (χ2v) is 6.08. The van der Waals surface area contributed by atoms with E-state index in [0.717, 1.165) is 6.42 Å². The number of hydrogen-bond donors (Lipinski definition) is 1. The molecule has 0 saturated heterocycles. The highest BCUT2D eigenvalue weighted by atomic mass is 16.2. The molecule has 0 aromatic carbocycles. The lowest BCUT2D eigenvalue weighted by Crippen LogP contribution is -2.37. The number of anilines is 1. The van der Waals surface area contributed by atoms with Gasteiger partial charge in [0.1, 0.15) is 5.82 Å². The van der Waals surface area contributed by atoms with Gasteiger partial charge in [-0.15, -0.1) is 0 Å². The zero-order valence-electron chi connectivity index (χ0n) is 13.3. The van der Waals surface area contributed by atoms with E-state index in [-0.39, 0.29) is 17.9 Å². The van der Waals surface area contributed by atoms with Crippen molar-refractivity contribution in [2.75, 3.05) is 12.8 Å². The van der Waals surface area contributed by atoms with Crippen LogP contribution in [-0.2, 0) is 0 Å². The summed E-state index contributed by atoms with van der Waals surface area (Å²) in [6, 6.07) is 0.152. The fourth-order valence-corrected chi connectivity index (χ4v) is 2.06. The van der Waals surface area contributed by atoms with Gasteiger partial charge in [0.15, 0.2) is 5.69 Å². The molecule has 5 nitrogen and oxygen atoms in total. The summed E-state index contributed by atoms with van der Waals surface area (Å²) in [5.41, 5.74) is 6.50. The second-order valence-electron chi connectivity index (χ2n) is 6.08. The van der Waals surface area contributed by atoms with E-state index in [4.69, 9.17) is 5.73 Å². The van der Waals surface area contributed by atoms with E-state index in [2.05, 4.69) is 23.8 Å². The largest absolute Gasteiger partial charge is 0.396 e. The number of aromatic nitrogens is 2. The molecule has 1 amide bonds. The van der Waals surface area contributed by atoms with E-state index in [1.54, 1.807) is 11.9 Å². The first kappa shape index (κ1) is 16.4. The van der Waals surface area contributed by atoms with Gasteiger partial charge in [-0.2, -0.15) is 0 Å². The van der Waals surface area contributed by atoms with Gasteiger partial charge in [-0.25, -0.2) is 9.97 Å². The second kappa shape index (κ2) is 6.68. The molecular formula is C15H26N4O. The van der Waals surface area contributed by atoms with Crippen LogP contribution in [-0.4, -0.2) is 33.9 Å².